The highest BCUT2D eigenvalue weighted by atomic mass is 32.1. The maximum atomic E-state index is 13.4. The number of fused-ring (bicyclic) bond motifs is 1. The number of carbonyl (C=O) groups excluding carboxylic acids is 2. The first-order valence-corrected chi connectivity index (χ1v) is 11.6. The van der Waals surface area contributed by atoms with Crippen molar-refractivity contribution in [3.8, 4) is 0 Å². The van der Waals surface area contributed by atoms with E-state index in [-0.39, 0.29) is 24.4 Å². The van der Waals surface area contributed by atoms with Crippen molar-refractivity contribution in [1.82, 2.24) is 9.80 Å². The predicted molar refractivity (Wildman–Crippen MR) is 119 cm³/mol. The number of hydrogen-bond acceptors (Lipinski definition) is 3. The van der Waals surface area contributed by atoms with Crippen LogP contribution in [0.15, 0.2) is 35.7 Å². The zero-order valence-electron chi connectivity index (χ0n) is 17.8. The molecule has 1 aromatic heterocycles. The molecule has 0 bridgehead atoms. The molecule has 1 atom stereocenters. The van der Waals surface area contributed by atoms with Gasteiger partial charge in [0.2, 0.25) is 11.8 Å². The monoisotopic (exact) mass is 412 g/mol. The number of amides is 2. The Labute approximate surface area is 178 Å². The maximum Gasteiger partial charge on any atom is 0.242 e. The van der Waals surface area contributed by atoms with Gasteiger partial charge in [-0.3, -0.25) is 9.59 Å². The summed E-state index contributed by atoms with van der Waals surface area (Å²) in [6, 6.07) is 10.6. The van der Waals surface area contributed by atoms with Crippen LogP contribution in [-0.4, -0.2) is 41.2 Å². The number of unbranched alkanes of at least 4 members (excludes halogenated alkanes) is 1. The normalized spacial score (nSPS) is 15.8. The molecule has 2 amide bonds. The fourth-order valence-electron chi connectivity index (χ4n) is 3.96. The summed E-state index contributed by atoms with van der Waals surface area (Å²) in [5, 5.41) is 2.12. The number of benzene rings is 1. The van der Waals surface area contributed by atoms with Crippen LogP contribution >= 0.6 is 11.3 Å². The first-order chi connectivity index (χ1) is 14.0. The third-order valence-corrected chi connectivity index (χ3v) is 6.60. The van der Waals surface area contributed by atoms with Crippen LogP contribution in [0.1, 0.15) is 67.1 Å². The van der Waals surface area contributed by atoms with Crippen molar-refractivity contribution in [3.05, 3.63) is 57.3 Å². The molecular weight excluding hydrogens is 380 g/mol. The molecule has 3 rings (SSSR count). The zero-order valence-corrected chi connectivity index (χ0v) is 18.6. The van der Waals surface area contributed by atoms with E-state index in [4.69, 9.17) is 0 Å². The van der Waals surface area contributed by atoms with E-state index in [9.17, 15) is 9.59 Å². The summed E-state index contributed by atoms with van der Waals surface area (Å²) in [6.45, 7) is 7.74. The minimum Gasteiger partial charge on any atom is -0.333 e. The average Bonchev–Trinajstić information content (AvgIpc) is 3.20. The van der Waals surface area contributed by atoms with Crippen LogP contribution in [0.4, 0.5) is 0 Å². The highest BCUT2D eigenvalue weighted by Gasteiger charge is 2.33. The number of aryl methyl sites for hydroxylation is 1. The Morgan fingerprint density at radius 3 is 2.59 bits per heavy atom. The second kappa shape index (κ2) is 10.1. The van der Waals surface area contributed by atoms with Crippen LogP contribution in [0.3, 0.4) is 0 Å². The zero-order chi connectivity index (χ0) is 20.8. The Hall–Kier alpha value is -2.14. The van der Waals surface area contributed by atoms with Gasteiger partial charge in [0.25, 0.3) is 0 Å². The van der Waals surface area contributed by atoms with Crippen molar-refractivity contribution in [2.24, 2.45) is 0 Å². The molecule has 0 fully saturated rings. The lowest BCUT2D eigenvalue weighted by Crippen LogP contribution is -2.47. The van der Waals surface area contributed by atoms with E-state index in [0.29, 0.717) is 19.5 Å². The summed E-state index contributed by atoms with van der Waals surface area (Å²) in [7, 11) is 0. The van der Waals surface area contributed by atoms with E-state index in [1.54, 1.807) is 16.2 Å². The van der Waals surface area contributed by atoms with Crippen LogP contribution in [0.2, 0.25) is 0 Å². The van der Waals surface area contributed by atoms with Gasteiger partial charge < -0.3 is 9.80 Å². The van der Waals surface area contributed by atoms with Gasteiger partial charge in [0, 0.05) is 24.4 Å². The Balaban J connectivity index is 1.85. The lowest BCUT2D eigenvalue weighted by Gasteiger charge is -2.37. The molecule has 29 heavy (non-hydrogen) atoms. The molecule has 2 aromatic rings. The molecule has 4 nitrogen and oxygen atoms in total. The second-order valence-corrected chi connectivity index (χ2v) is 8.87. The Morgan fingerprint density at radius 2 is 1.90 bits per heavy atom. The standard InChI is InChI=1S/C24H32N2O2S/c1-4-6-14-25(22(27)7-5-2)17-23(28)26-15-12-21-20(13-16-29-21)24(26)19-10-8-18(3)9-11-19/h8-11,13,16,24H,4-7,12,14-15,17H2,1-3H3/t24-/m1/s1. The topological polar surface area (TPSA) is 40.6 Å². The second-order valence-electron chi connectivity index (χ2n) is 7.87. The minimum absolute atomic E-state index is 0.0491. The molecule has 5 heteroatoms. The summed E-state index contributed by atoms with van der Waals surface area (Å²) in [4.78, 5) is 31.1. The van der Waals surface area contributed by atoms with Gasteiger partial charge in [-0.15, -0.1) is 11.3 Å². The molecule has 0 unspecified atom stereocenters. The quantitative estimate of drug-likeness (QED) is 0.615. The number of carbonyl (C=O) groups is 2. The largest absolute Gasteiger partial charge is 0.333 e. The molecule has 1 aliphatic heterocycles. The first-order valence-electron chi connectivity index (χ1n) is 10.7. The highest BCUT2D eigenvalue weighted by Crippen LogP contribution is 2.38. The fourth-order valence-corrected chi connectivity index (χ4v) is 4.86. The maximum absolute atomic E-state index is 13.4. The van der Waals surface area contributed by atoms with E-state index in [0.717, 1.165) is 31.2 Å². The fraction of sp³-hybridized carbons (Fsp3) is 0.500. The molecule has 0 saturated heterocycles. The van der Waals surface area contributed by atoms with Crippen molar-refractivity contribution in [2.45, 2.75) is 58.9 Å². The van der Waals surface area contributed by atoms with Crippen LogP contribution < -0.4 is 0 Å². The van der Waals surface area contributed by atoms with Gasteiger partial charge in [-0.05, 0) is 48.8 Å². The van der Waals surface area contributed by atoms with Crippen molar-refractivity contribution in [2.75, 3.05) is 19.6 Å². The van der Waals surface area contributed by atoms with E-state index in [2.05, 4.69) is 49.6 Å². The summed E-state index contributed by atoms with van der Waals surface area (Å²) in [6.07, 6.45) is 4.15. The lowest BCUT2D eigenvalue weighted by molar-refractivity contribution is -0.141. The van der Waals surface area contributed by atoms with Crippen LogP contribution in [0, 0.1) is 6.92 Å². The van der Waals surface area contributed by atoms with Gasteiger partial charge in [0.1, 0.15) is 0 Å². The van der Waals surface area contributed by atoms with Gasteiger partial charge in [-0.25, -0.2) is 0 Å². The molecule has 0 radical (unpaired) electrons. The van der Waals surface area contributed by atoms with E-state index in [1.165, 1.54) is 16.0 Å². The van der Waals surface area contributed by atoms with Gasteiger partial charge >= 0.3 is 0 Å². The molecule has 0 N–H and O–H groups in total. The lowest BCUT2D eigenvalue weighted by atomic mass is 9.92. The summed E-state index contributed by atoms with van der Waals surface area (Å²) in [5.74, 6) is 0.141. The van der Waals surface area contributed by atoms with E-state index >= 15 is 0 Å². The number of nitrogens with zero attached hydrogens (tertiary/aromatic N) is 2. The van der Waals surface area contributed by atoms with Crippen LogP contribution in [0.25, 0.3) is 0 Å². The van der Waals surface area contributed by atoms with Gasteiger partial charge in [-0.1, -0.05) is 50.1 Å². The Kier molecular flexibility index (Phi) is 7.48. The molecular formula is C24H32N2O2S. The molecule has 0 spiro atoms. The number of rotatable bonds is 8. The Morgan fingerprint density at radius 1 is 1.14 bits per heavy atom. The van der Waals surface area contributed by atoms with Gasteiger partial charge in [0.15, 0.2) is 0 Å². The molecule has 1 aromatic carbocycles. The predicted octanol–water partition coefficient (Wildman–Crippen LogP) is 4.96. The van der Waals surface area contributed by atoms with Gasteiger partial charge in [-0.2, -0.15) is 0 Å². The van der Waals surface area contributed by atoms with Crippen molar-refractivity contribution in [1.29, 1.82) is 0 Å². The number of thiophene rings is 1. The minimum atomic E-state index is -0.0626. The Bertz CT molecular complexity index is 828. The molecule has 0 saturated carbocycles. The highest BCUT2D eigenvalue weighted by molar-refractivity contribution is 7.10. The van der Waals surface area contributed by atoms with Crippen molar-refractivity contribution >= 4 is 23.2 Å². The van der Waals surface area contributed by atoms with Gasteiger partial charge in [0.05, 0.1) is 12.6 Å². The molecule has 1 aliphatic rings. The van der Waals surface area contributed by atoms with E-state index < -0.39 is 0 Å². The first kappa shape index (κ1) is 21.6. The summed E-state index contributed by atoms with van der Waals surface area (Å²) >= 11 is 1.77. The molecule has 156 valence electrons. The summed E-state index contributed by atoms with van der Waals surface area (Å²) < 4.78 is 0. The number of hydrogen-bond donors (Lipinski definition) is 0. The SMILES string of the molecule is CCCCN(CC(=O)N1CCc2sccc2[C@H]1c1ccc(C)cc1)C(=O)CCC. The average molecular weight is 413 g/mol. The third-order valence-electron chi connectivity index (χ3n) is 5.60. The van der Waals surface area contributed by atoms with E-state index in [1.807, 2.05) is 11.8 Å². The molecule has 0 aliphatic carbocycles. The van der Waals surface area contributed by atoms with Crippen molar-refractivity contribution in [3.63, 3.8) is 0 Å². The van der Waals surface area contributed by atoms with Crippen LogP contribution in [0.5, 0.6) is 0 Å². The smallest absolute Gasteiger partial charge is 0.242 e. The van der Waals surface area contributed by atoms with Crippen LogP contribution in [-0.2, 0) is 16.0 Å². The van der Waals surface area contributed by atoms with Crippen molar-refractivity contribution < 1.29 is 9.59 Å². The third kappa shape index (κ3) is 5.08. The summed E-state index contributed by atoms with van der Waals surface area (Å²) in [5.41, 5.74) is 3.59. The molecule has 2 heterocycles.